The van der Waals surface area contributed by atoms with Crippen molar-refractivity contribution < 1.29 is 4.42 Å². The van der Waals surface area contributed by atoms with Crippen LogP contribution in [0.1, 0.15) is 5.56 Å². The summed E-state index contributed by atoms with van der Waals surface area (Å²) in [7, 11) is 0. The molecule has 0 N–H and O–H groups in total. The van der Waals surface area contributed by atoms with Gasteiger partial charge in [-0.3, -0.25) is 0 Å². The molecule has 0 fully saturated rings. The first kappa shape index (κ1) is 12.5. The Balaban J connectivity index is 0.000000147. The summed E-state index contributed by atoms with van der Waals surface area (Å²) in [5, 5.41) is 2.39. The van der Waals surface area contributed by atoms with Gasteiger partial charge in [-0.25, -0.2) is 0 Å². The Morgan fingerprint density at radius 3 is 1.45 bits per heavy atom. The summed E-state index contributed by atoms with van der Waals surface area (Å²) < 4.78 is 5.65. The molecule has 0 saturated carbocycles. The normalized spacial score (nSPS) is 10.2. The Hall–Kier alpha value is -2.54. The van der Waals surface area contributed by atoms with Crippen LogP contribution < -0.4 is 0 Å². The fourth-order valence-corrected chi connectivity index (χ4v) is 2.21. The smallest absolute Gasteiger partial charge is 0.135 e. The molecule has 0 radical (unpaired) electrons. The summed E-state index contributed by atoms with van der Waals surface area (Å²) in [5.41, 5.74) is 3.25. The summed E-state index contributed by atoms with van der Waals surface area (Å²) in [6, 6.07) is 26.5. The number of hydrogen-bond donors (Lipinski definition) is 0. The highest BCUT2D eigenvalue weighted by Gasteiger charge is 2.03. The predicted octanol–water partition coefficient (Wildman–Crippen LogP) is 5.58. The van der Waals surface area contributed by atoms with Gasteiger partial charge < -0.3 is 4.42 Å². The highest BCUT2D eigenvalue weighted by Crippen LogP contribution is 2.27. The zero-order valence-electron chi connectivity index (χ0n) is 11.4. The lowest BCUT2D eigenvalue weighted by Gasteiger charge is -1.85. The first-order valence-corrected chi connectivity index (χ1v) is 6.72. The SMILES string of the molecule is Cc1ccccc1.c1ccc2c(c1)oc1ccccc12. The summed E-state index contributed by atoms with van der Waals surface area (Å²) in [6.45, 7) is 2.08. The van der Waals surface area contributed by atoms with Crippen LogP contribution in [-0.4, -0.2) is 0 Å². The number of rotatable bonds is 0. The topological polar surface area (TPSA) is 13.1 Å². The van der Waals surface area contributed by atoms with E-state index in [1.807, 2.05) is 54.6 Å². The molecule has 20 heavy (non-hydrogen) atoms. The quantitative estimate of drug-likeness (QED) is 0.402. The Kier molecular flexibility index (Phi) is 3.51. The van der Waals surface area contributed by atoms with Crippen LogP contribution in [0, 0.1) is 6.92 Å². The molecule has 4 rings (SSSR count). The van der Waals surface area contributed by atoms with Crippen molar-refractivity contribution in [2.45, 2.75) is 6.92 Å². The molecule has 3 aromatic carbocycles. The molecule has 0 aliphatic heterocycles. The molecule has 1 heteroatoms. The van der Waals surface area contributed by atoms with Crippen molar-refractivity contribution in [3.63, 3.8) is 0 Å². The zero-order valence-corrected chi connectivity index (χ0v) is 11.4. The van der Waals surface area contributed by atoms with Crippen molar-refractivity contribution in [1.82, 2.24) is 0 Å². The van der Waals surface area contributed by atoms with Crippen LogP contribution in [0.15, 0.2) is 83.3 Å². The van der Waals surface area contributed by atoms with Crippen molar-refractivity contribution in [3.05, 3.63) is 84.4 Å². The molecule has 0 atom stereocenters. The minimum absolute atomic E-state index is 0.962. The molecular weight excluding hydrogens is 244 g/mol. The monoisotopic (exact) mass is 260 g/mol. The lowest BCUT2D eigenvalue weighted by Crippen LogP contribution is -1.62. The molecule has 0 spiro atoms. The second kappa shape index (κ2) is 5.62. The number of hydrogen-bond acceptors (Lipinski definition) is 1. The third-order valence-corrected chi connectivity index (χ3v) is 3.22. The van der Waals surface area contributed by atoms with E-state index in [2.05, 4.69) is 31.2 Å². The molecule has 1 aromatic heterocycles. The maximum absolute atomic E-state index is 5.65. The Morgan fingerprint density at radius 1 is 0.550 bits per heavy atom. The van der Waals surface area contributed by atoms with E-state index in [-0.39, 0.29) is 0 Å². The third-order valence-electron chi connectivity index (χ3n) is 3.22. The Labute approximate surface area is 118 Å². The van der Waals surface area contributed by atoms with Crippen LogP contribution in [0.2, 0.25) is 0 Å². The van der Waals surface area contributed by atoms with E-state index in [4.69, 9.17) is 4.42 Å². The maximum Gasteiger partial charge on any atom is 0.135 e. The van der Waals surface area contributed by atoms with Gasteiger partial charge in [-0.2, -0.15) is 0 Å². The average Bonchev–Trinajstić information content (AvgIpc) is 2.87. The number of benzene rings is 3. The minimum atomic E-state index is 0.962. The lowest BCUT2D eigenvalue weighted by molar-refractivity contribution is 0.669. The van der Waals surface area contributed by atoms with Crippen LogP contribution in [0.4, 0.5) is 0 Å². The van der Waals surface area contributed by atoms with Gasteiger partial charge in [0.25, 0.3) is 0 Å². The van der Waals surface area contributed by atoms with Gasteiger partial charge in [0.15, 0.2) is 0 Å². The van der Waals surface area contributed by atoms with Crippen molar-refractivity contribution in [2.24, 2.45) is 0 Å². The van der Waals surface area contributed by atoms with Gasteiger partial charge in [-0.1, -0.05) is 72.3 Å². The molecule has 0 aliphatic rings. The molecule has 0 aliphatic carbocycles. The minimum Gasteiger partial charge on any atom is -0.456 e. The van der Waals surface area contributed by atoms with E-state index in [1.165, 1.54) is 16.3 Å². The van der Waals surface area contributed by atoms with Gasteiger partial charge in [-0.05, 0) is 19.1 Å². The lowest BCUT2D eigenvalue weighted by atomic mass is 10.2. The van der Waals surface area contributed by atoms with Crippen LogP contribution in [-0.2, 0) is 0 Å². The van der Waals surface area contributed by atoms with Crippen LogP contribution in [0.25, 0.3) is 21.9 Å². The fraction of sp³-hybridized carbons (Fsp3) is 0.0526. The molecule has 1 heterocycles. The van der Waals surface area contributed by atoms with Gasteiger partial charge in [0.2, 0.25) is 0 Å². The molecular formula is C19H16O. The fourth-order valence-electron chi connectivity index (χ4n) is 2.21. The Bertz CT molecular complexity index is 762. The van der Waals surface area contributed by atoms with Gasteiger partial charge >= 0.3 is 0 Å². The van der Waals surface area contributed by atoms with Gasteiger partial charge in [0.05, 0.1) is 0 Å². The van der Waals surface area contributed by atoms with Gasteiger partial charge in [-0.15, -0.1) is 0 Å². The molecule has 0 unspecified atom stereocenters. The van der Waals surface area contributed by atoms with E-state index >= 15 is 0 Å². The van der Waals surface area contributed by atoms with E-state index in [0.29, 0.717) is 0 Å². The van der Waals surface area contributed by atoms with E-state index in [9.17, 15) is 0 Å². The summed E-state index contributed by atoms with van der Waals surface area (Å²) in [6.07, 6.45) is 0. The van der Waals surface area contributed by atoms with E-state index in [0.717, 1.165) is 11.2 Å². The maximum atomic E-state index is 5.65. The molecule has 4 aromatic rings. The number of fused-ring (bicyclic) bond motifs is 3. The number of furan rings is 1. The van der Waals surface area contributed by atoms with Crippen molar-refractivity contribution >= 4 is 21.9 Å². The second-order valence-electron chi connectivity index (χ2n) is 4.75. The van der Waals surface area contributed by atoms with Crippen LogP contribution >= 0.6 is 0 Å². The highest BCUT2D eigenvalue weighted by atomic mass is 16.3. The number of para-hydroxylation sites is 2. The van der Waals surface area contributed by atoms with Crippen molar-refractivity contribution in [3.8, 4) is 0 Å². The van der Waals surface area contributed by atoms with E-state index < -0.39 is 0 Å². The highest BCUT2D eigenvalue weighted by molar-refractivity contribution is 6.04. The van der Waals surface area contributed by atoms with Crippen molar-refractivity contribution in [2.75, 3.05) is 0 Å². The van der Waals surface area contributed by atoms with Gasteiger partial charge in [0.1, 0.15) is 11.2 Å². The third kappa shape index (κ3) is 2.57. The standard InChI is InChI=1S/C12H8O.C7H8/c1-3-7-11-9(5-1)10-6-2-4-8-12(10)13-11;1-7-5-3-2-4-6-7/h1-8H;2-6H,1H3. The first-order chi connectivity index (χ1) is 9.84. The van der Waals surface area contributed by atoms with Crippen molar-refractivity contribution in [1.29, 1.82) is 0 Å². The molecule has 98 valence electrons. The zero-order chi connectivity index (χ0) is 13.8. The number of aryl methyl sites for hydroxylation is 1. The average molecular weight is 260 g/mol. The molecule has 1 nitrogen and oxygen atoms in total. The molecule has 0 saturated heterocycles. The van der Waals surface area contributed by atoms with Crippen LogP contribution in [0.3, 0.4) is 0 Å². The summed E-state index contributed by atoms with van der Waals surface area (Å²) in [4.78, 5) is 0. The Morgan fingerprint density at radius 2 is 1.00 bits per heavy atom. The predicted molar refractivity (Wildman–Crippen MR) is 84.9 cm³/mol. The van der Waals surface area contributed by atoms with E-state index in [1.54, 1.807) is 0 Å². The van der Waals surface area contributed by atoms with Crippen LogP contribution in [0.5, 0.6) is 0 Å². The second-order valence-corrected chi connectivity index (χ2v) is 4.75. The first-order valence-electron chi connectivity index (χ1n) is 6.72. The van der Waals surface area contributed by atoms with Gasteiger partial charge in [0, 0.05) is 10.8 Å². The largest absolute Gasteiger partial charge is 0.456 e. The summed E-state index contributed by atoms with van der Waals surface area (Å²) in [5.74, 6) is 0. The molecule has 0 amide bonds. The molecule has 0 bridgehead atoms. The summed E-state index contributed by atoms with van der Waals surface area (Å²) >= 11 is 0.